The summed E-state index contributed by atoms with van der Waals surface area (Å²) in [5.41, 5.74) is -0.0239. The van der Waals surface area contributed by atoms with Gasteiger partial charge in [-0.25, -0.2) is 9.18 Å². The predicted molar refractivity (Wildman–Crippen MR) is 108 cm³/mol. The summed E-state index contributed by atoms with van der Waals surface area (Å²) >= 11 is 0. The van der Waals surface area contributed by atoms with E-state index in [0.717, 1.165) is 6.07 Å². The summed E-state index contributed by atoms with van der Waals surface area (Å²) in [6.07, 6.45) is 1.16. The van der Waals surface area contributed by atoms with Gasteiger partial charge in [-0.1, -0.05) is 0 Å². The lowest BCUT2D eigenvalue weighted by Crippen LogP contribution is -2.18. The third-order valence-corrected chi connectivity index (χ3v) is 4.04. The number of carbonyl (C=O) groups is 2. The zero-order valence-corrected chi connectivity index (χ0v) is 16.7. The van der Waals surface area contributed by atoms with Crippen molar-refractivity contribution >= 4 is 17.7 Å². The smallest absolute Gasteiger partial charge is 0.335 e. The van der Waals surface area contributed by atoms with Crippen LogP contribution in [0.1, 0.15) is 27.6 Å². The fraction of sp³-hybridized carbons (Fsp3) is 0.190. The molecule has 2 aromatic carbocycles. The van der Waals surface area contributed by atoms with E-state index in [0.29, 0.717) is 18.2 Å². The molecule has 1 atom stereocenters. The number of methoxy groups -OCH3 is 1. The lowest BCUT2D eigenvalue weighted by Gasteiger charge is -2.16. The summed E-state index contributed by atoms with van der Waals surface area (Å²) < 4.78 is 30.7. The van der Waals surface area contributed by atoms with Crippen LogP contribution in [0, 0.1) is 5.82 Å². The Bertz CT molecular complexity index is 1070. The monoisotopic (exact) mass is 429 g/mol. The number of hydrogen-bond donors (Lipinski definition) is 3. The molecular formula is C21H20FN3O6. The molecule has 3 N–H and O–H groups in total. The molecule has 162 valence electrons. The van der Waals surface area contributed by atoms with Crippen molar-refractivity contribution in [2.45, 2.75) is 13.0 Å². The van der Waals surface area contributed by atoms with Crippen molar-refractivity contribution < 1.29 is 33.3 Å². The van der Waals surface area contributed by atoms with Gasteiger partial charge >= 0.3 is 5.97 Å². The molecule has 10 heteroatoms. The molecule has 1 amide bonds. The van der Waals surface area contributed by atoms with Crippen LogP contribution >= 0.6 is 0 Å². The first kappa shape index (κ1) is 21.8. The number of ether oxygens (including phenoxy) is 3. The van der Waals surface area contributed by atoms with Crippen LogP contribution in [-0.4, -0.2) is 47.0 Å². The number of benzene rings is 2. The largest absolute Gasteiger partial charge is 0.488 e. The zero-order chi connectivity index (χ0) is 22.4. The summed E-state index contributed by atoms with van der Waals surface area (Å²) in [7, 11) is 1.53. The van der Waals surface area contributed by atoms with Crippen molar-refractivity contribution in [3.05, 3.63) is 65.6 Å². The van der Waals surface area contributed by atoms with Crippen LogP contribution in [0.2, 0.25) is 0 Å². The van der Waals surface area contributed by atoms with Crippen LogP contribution in [0.5, 0.6) is 17.2 Å². The lowest BCUT2D eigenvalue weighted by atomic mass is 10.1. The molecular weight excluding hydrogens is 409 g/mol. The second-order valence-electron chi connectivity index (χ2n) is 6.55. The Morgan fingerprint density at radius 2 is 1.94 bits per heavy atom. The van der Waals surface area contributed by atoms with Crippen molar-refractivity contribution in [2.24, 2.45) is 0 Å². The van der Waals surface area contributed by atoms with Crippen molar-refractivity contribution in [1.29, 1.82) is 0 Å². The molecule has 0 aliphatic carbocycles. The van der Waals surface area contributed by atoms with E-state index in [-0.39, 0.29) is 28.7 Å². The Balaban J connectivity index is 1.90. The highest BCUT2D eigenvalue weighted by Gasteiger charge is 2.15. The van der Waals surface area contributed by atoms with E-state index in [4.69, 9.17) is 19.3 Å². The number of nitrogens with one attached hydrogen (secondary N) is 2. The van der Waals surface area contributed by atoms with Gasteiger partial charge < -0.3 is 24.6 Å². The molecule has 1 aromatic heterocycles. The Labute approximate surface area is 176 Å². The van der Waals surface area contributed by atoms with Crippen LogP contribution in [0.15, 0.2) is 48.7 Å². The Morgan fingerprint density at radius 3 is 2.58 bits per heavy atom. The number of halogens is 1. The average molecular weight is 429 g/mol. The molecule has 0 saturated heterocycles. The summed E-state index contributed by atoms with van der Waals surface area (Å²) in [6.45, 7) is 2.09. The second-order valence-corrected chi connectivity index (χ2v) is 6.55. The van der Waals surface area contributed by atoms with Crippen LogP contribution in [0.4, 0.5) is 10.2 Å². The molecule has 3 aromatic rings. The van der Waals surface area contributed by atoms with Gasteiger partial charge in [0.1, 0.15) is 23.4 Å². The molecule has 0 aliphatic heterocycles. The quantitative estimate of drug-likeness (QED) is 0.474. The molecule has 3 rings (SSSR count). The Morgan fingerprint density at radius 1 is 1.16 bits per heavy atom. The number of carboxylic acid groups (broad SMARTS) is 1. The zero-order valence-electron chi connectivity index (χ0n) is 16.7. The average Bonchev–Trinajstić information content (AvgIpc) is 3.22. The summed E-state index contributed by atoms with van der Waals surface area (Å²) in [4.78, 5) is 23.6. The molecule has 9 nitrogen and oxygen atoms in total. The SMILES string of the molecule is COCC(C)Oc1cc(Oc2ccc(C(=O)O)cc2F)cc(C(=O)Nc2ccn[nH]2)c1. The van der Waals surface area contributed by atoms with Gasteiger partial charge in [-0.2, -0.15) is 5.10 Å². The van der Waals surface area contributed by atoms with Gasteiger partial charge in [0.05, 0.1) is 18.4 Å². The minimum Gasteiger partial charge on any atom is -0.488 e. The van der Waals surface area contributed by atoms with Gasteiger partial charge in [0.25, 0.3) is 5.91 Å². The summed E-state index contributed by atoms with van der Waals surface area (Å²) in [5.74, 6) is -1.97. The number of rotatable bonds is 9. The second kappa shape index (κ2) is 9.72. The van der Waals surface area contributed by atoms with Gasteiger partial charge in [-0.3, -0.25) is 9.89 Å². The third kappa shape index (κ3) is 5.80. The normalized spacial score (nSPS) is 11.6. The molecule has 1 heterocycles. The van der Waals surface area contributed by atoms with E-state index >= 15 is 0 Å². The number of hydrogen-bond acceptors (Lipinski definition) is 6. The minimum absolute atomic E-state index is 0.124. The van der Waals surface area contributed by atoms with Gasteiger partial charge in [-0.15, -0.1) is 0 Å². The summed E-state index contributed by atoms with van der Waals surface area (Å²) in [5, 5.41) is 18.0. The molecule has 0 fully saturated rings. The fourth-order valence-electron chi connectivity index (χ4n) is 2.69. The number of carbonyl (C=O) groups excluding carboxylic acids is 1. The van der Waals surface area contributed by atoms with E-state index in [9.17, 15) is 14.0 Å². The Kier molecular flexibility index (Phi) is 6.83. The maximum absolute atomic E-state index is 14.3. The maximum atomic E-state index is 14.3. The third-order valence-electron chi connectivity index (χ3n) is 4.04. The molecule has 0 spiro atoms. The molecule has 0 bridgehead atoms. The van der Waals surface area contributed by atoms with Gasteiger partial charge in [0.2, 0.25) is 0 Å². The first-order chi connectivity index (χ1) is 14.9. The van der Waals surface area contributed by atoms with Crippen molar-refractivity contribution in [3.63, 3.8) is 0 Å². The van der Waals surface area contributed by atoms with E-state index in [1.54, 1.807) is 13.0 Å². The highest BCUT2D eigenvalue weighted by Crippen LogP contribution is 2.30. The molecule has 0 radical (unpaired) electrons. The van der Waals surface area contributed by atoms with Crippen LogP contribution in [-0.2, 0) is 4.74 Å². The van der Waals surface area contributed by atoms with Gasteiger partial charge in [-0.05, 0) is 37.3 Å². The standard InChI is InChI=1S/C21H20FN3O6/c1-12(11-29-2)30-15-7-14(20(26)24-19-5-6-23-25-19)8-16(10-15)31-18-4-3-13(21(27)28)9-17(18)22/h3-10,12H,11H2,1-2H3,(H,27,28)(H2,23,24,25,26). The number of anilines is 1. The molecule has 0 saturated carbocycles. The molecule has 0 aliphatic rings. The number of carboxylic acids is 1. The highest BCUT2D eigenvalue weighted by atomic mass is 19.1. The summed E-state index contributed by atoms with van der Waals surface area (Å²) in [6, 6.07) is 9.25. The number of amides is 1. The van der Waals surface area contributed by atoms with Crippen LogP contribution in [0.25, 0.3) is 0 Å². The number of nitrogens with zero attached hydrogens (tertiary/aromatic N) is 1. The van der Waals surface area contributed by atoms with E-state index in [1.807, 2.05) is 0 Å². The number of H-pyrrole nitrogens is 1. The maximum Gasteiger partial charge on any atom is 0.335 e. The van der Waals surface area contributed by atoms with E-state index < -0.39 is 17.7 Å². The van der Waals surface area contributed by atoms with Gasteiger partial charge in [0.15, 0.2) is 11.6 Å². The minimum atomic E-state index is -1.26. The number of aromatic amines is 1. The van der Waals surface area contributed by atoms with Gasteiger partial charge in [0, 0.05) is 24.8 Å². The van der Waals surface area contributed by atoms with Crippen molar-refractivity contribution in [3.8, 4) is 17.2 Å². The van der Waals surface area contributed by atoms with E-state index in [1.165, 1.54) is 43.6 Å². The first-order valence-electron chi connectivity index (χ1n) is 9.18. The lowest BCUT2D eigenvalue weighted by molar-refractivity contribution is 0.0696. The predicted octanol–water partition coefficient (Wildman–Crippen LogP) is 3.71. The van der Waals surface area contributed by atoms with Crippen molar-refractivity contribution in [1.82, 2.24) is 10.2 Å². The topological polar surface area (TPSA) is 123 Å². The Hall–Kier alpha value is -3.92. The van der Waals surface area contributed by atoms with E-state index in [2.05, 4.69) is 15.5 Å². The molecule has 1 unspecified atom stereocenters. The number of aromatic carboxylic acids is 1. The fourth-order valence-corrected chi connectivity index (χ4v) is 2.69. The van der Waals surface area contributed by atoms with Crippen molar-refractivity contribution in [2.75, 3.05) is 19.0 Å². The highest BCUT2D eigenvalue weighted by molar-refractivity contribution is 6.04. The number of aromatic nitrogens is 2. The molecule has 31 heavy (non-hydrogen) atoms. The van der Waals surface area contributed by atoms with Crippen LogP contribution < -0.4 is 14.8 Å². The van der Waals surface area contributed by atoms with Crippen LogP contribution in [0.3, 0.4) is 0 Å². The first-order valence-corrected chi connectivity index (χ1v) is 9.18.